The van der Waals surface area contributed by atoms with Crippen molar-refractivity contribution < 1.29 is 19.5 Å². The molecule has 3 atom stereocenters. The van der Waals surface area contributed by atoms with Gasteiger partial charge >= 0.3 is 0 Å². The molecule has 2 fully saturated rings. The van der Waals surface area contributed by atoms with Crippen molar-refractivity contribution in [3.8, 4) is 0 Å². The average molecular weight is 372 g/mol. The first-order valence-electron chi connectivity index (χ1n) is 9.39. The summed E-state index contributed by atoms with van der Waals surface area (Å²) in [6.45, 7) is 3.10. The zero-order chi connectivity index (χ0) is 19.0. The Labute approximate surface area is 157 Å². The Morgan fingerprint density at radius 2 is 2.07 bits per heavy atom. The van der Waals surface area contributed by atoms with Gasteiger partial charge in [0.05, 0.1) is 6.10 Å². The van der Waals surface area contributed by atoms with Crippen LogP contribution in [0.3, 0.4) is 0 Å². The molecule has 4 N–H and O–H groups in total. The van der Waals surface area contributed by atoms with Gasteiger partial charge in [0.15, 0.2) is 0 Å². The summed E-state index contributed by atoms with van der Waals surface area (Å²) in [6, 6.07) is 5.03. The molecule has 3 amide bonds. The number of nitrogens with zero attached hydrogens (tertiary/aromatic N) is 1. The first kappa shape index (κ1) is 18.1. The second kappa shape index (κ2) is 7.38. The van der Waals surface area contributed by atoms with Crippen molar-refractivity contribution in [2.24, 2.45) is 5.92 Å². The molecule has 144 valence electrons. The van der Waals surface area contributed by atoms with Crippen LogP contribution in [0.4, 0.5) is 0 Å². The van der Waals surface area contributed by atoms with Crippen molar-refractivity contribution in [1.82, 2.24) is 20.9 Å². The third-order valence-corrected chi connectivity index (χ3v) is 5.71. The number of piperidine rings is 1. The number of amides is 3. The third-order valence-electron chi connectivity index (χ3n) is 5.71. The largest absolute Gasteiger partial charge is 0.391 e. The van der Waals surface area contributed by atoms with Gasteiger partial charge in [0.25, 0.3) is 5.91 Å². The molecule has 3 heterocycles. The standard InChI is InChI=1S/C19H24N4O4/c24-16-9-21-8-12(16)7-20-6-11-2-1-3-13-14(11)10-23(19(13)27)15-4-5-17(25)22-18(15)26/h1-3,12,15-16,20-21,24H,4-10H2,(H,22,25,26). The second-order valence-electron chi connectivity index (χ2n) is 7.46. The van der Waals surface area contributed by atoms with Crippen molar-refractivity contribution in [3.05, 3.63) is 34.9 Å². The molecular weight excluding hydrogens is 348 g/mol. The molecule has 0 aromatic heterocycles. The van der Waals surface area contributed by atoms with Gasteiger partial charge in [0.2, 0.25) is 11.8 Å². The van der Waals surface area contributed by atoms with Gasteiger partial charge in [-0.1, -0.05) is 12.1 Å². The van der Waals surface area contributed by atoms with Crippen LogP contribution in [-0.2, 0) is 22.7 Å². The summed E-state index contributed by atoms with van der Waals surface area (Å²) < 4.78 is 0. The zero-order valence-electron chi connectivity index (χ0n) is 15.0. The van der Waals surface area contributed by atoms with E-state index in [1.807, 2.05) is 12.1 Å². The first-order chi connectivity index (χ1) is 13.0. The predicted molar refractivity (Wildman–Crippen MR) is 96.6 cm³/mol. The maximum atomic E-state index is 12.8. The van der Waals surface area contributed by atoms with E-state index >= 15 is 0 Å². The Bertz CT molecular complexity index is 781. The van der Waals surface area contributed by atoms with Crippen LogP contribution >= 0.6 is 0 Å². The number of aliphatic hydroxyl groups is 1. The number of rotatable bonds is 5. The number of imide groups is 1. The van der Waals surface area contributed by atoms with E-state index in [9.17, 15) is 19.5 Å². The Kier molecular flexibility index (Phi) is 4.94. The fourth-order valence-electron chi connectivity index (χ4n) is 4.14. The summed E-state index contributed by atoms with van der Waals surface area (Å²) in [4.78, 5) is 37.9. The predicted octanol–water partition coefficient (Wildman–Crippen LogP) is -0.882. The summed E-state index contributed by atoms with van der Waals surface area (Å²) in [5.74, 6) is -0.649. The number of hydrogen-bond acceptors (Lipinski definition) is 6. The number of carbonyl (C=O) groups excluding carboxylic acids is 3. The van der Waals surface area contributed by atoms with Crippen LogP contribution in [0.2, 0.25) is 0 Å². The fraction of sp³-hybridized carbons (Fsp3) is 0.526. The number of benzene rings is 1. The van der Waals surface area contributed by atoms with Gasteiger partial charge in [-0.3, -0.25) is 19.7 Å². The highest BCUT2D eigenvalue weighted by atomic mass is 16.3. The maximum absolute atomic E-state index is 12.8. The Balaban J connectivity index is 1.44. The lowest BCUT2D eigenvalue weighted by Gasteiger charge is -2.29. The molecule has 4 rings (SSSR count). The zero-order valence-corrected chi connectivity index (χ0v) is 15.0. The lowest BCUT2D eigenvalue weighted by molar-refractivity contribution is -0.136. The maximum Gasteiger partial charge on any atom is 0.255 e. The molecule has 1 aromatic carbocycles. The summed E-state index contributed by atoms with van der Waals surface area (Å²) in [5.41, 5.74) is 2.59. The molecule has 27 heavy (non-hydrogen) atoms. The SMILES string of the molecule is O=C1CCC(N2Cc3c(CNCC4CNCC4O)cccc3C2=O)C(=O)N1. The molecule has 3 aliphatic heterocycles. The van der Waals surface area contributed by atoms with Crippen LogP contribution in [0.5, 0.6) is 0 Å². The molecule has 0 saturated carbocycles. The lowest BCUT2D eigenvalue weighted by atomic mass is 10.0. The van der Waals surface area contributed by atoms with Crippen LogP contribution in [0, 0.1) is 5.92 Å². The minimum absolute atomic E-state index is 0.156. The van der Waals surface area contributed by atoms with Gasteiger partial charge in [-0.05, 0) is 23.6 Å². The van der Waals surface area contributed by atoms with Crippen LogP contribution in [0.25, 0.3) is 0 Å². The Morgan fingerprint density at radius 1 is 1.22 bits per heavy atom. The molecule has 8 heteroatoms. The topological polar surface area (TPSA) is 111 Å². The van der Waals surface area contributed by atoms with Crippen molar-refractivity contribution in [2.75, 3.05) is 19.6 Å². The number of fused-ring (bicyclic) bond motifs is 1. The molecule has 0 radical (unpaired) electrons. The first-order valence-corrected chi connectivity index (χ1v) is 9.39. The molecular formula is C19H24N4O4. The van der Waals surface area contributed by atoms with E-state index in [1.54, 1.807) is 11.0 Å². The van der Waals surface area contributed by atoms with Gasteiger partial charge in [0.1, 0.15) is 6.04 Å². The smallest absolute Gasteiger partial charge is 0.255 e. The molecule has 3 unspecified atom stereocenters. The van der Waals surface area contributed by atoms with Crippen LogP contribution < -0.4 is 16.0 Å². The van der Waals surface area contributed by atoms with Gasteiger partial charge in [-0.25, -0.2) is 0 Å². The number of nitrogens with one attached hydrogen (secondary N) is 3. The number of hydrogen-bond donors (Lipinski definition) is 4. The van der Waals surface area contributed by atoms with E-state index in [1.165, 1.54) is 0 Å². The summed E-state index contributed by atoms with van der Waals surface area (Å²) in [6.07, 6.45) is 0.288. The molecule has 8 nitrogen and oxygen atoms in total. The number of β-amino-alcohol motifs (C(OH)–C–C–N with tert-alkyl or cyclic N) is 1. The molecule has 3 aliphatic rings. The second-order valence-corrected chi connectivity index (χ2v) is 7.46. The van der Waals surface area contributed by atoms with Crippen molar-refractivity contribution in [3.63, 3.8) is 0 Å². The third kappa shape index (κ3) is 3.47. The van der Waals surface area contributed by atoms with Gasteiger partial charge in [0, 0.05) is 50.6 Å². The highest BCUT2D eigenvalue weighted by molar-refractivity contribution is 6.05. The highest BCUT2D eigenvalue weighted by Crippen LogP contribution is 2.29. The van der Waals surface area contributed by atoms with Crippen LogP contribution in [0.1, 0.15) is 34.3 Å². The van der Waals surface area contributed by atoms with E-state index < -0.39 is 11.9 Å². The minimum atomic E-state index is -0.594. The lowest BCUT2D eigenvalue weighted by Crippen LogP contribution is -2.52. The normalized spacial score (nSPS) is 27.8. The summed E-state index contributed by atoms with van der Waals surface area (Å²) >= 11 is 0. The summed E-state index contributed by atoms with van der Waals surface area (Å²) in [5, 5.41) is 18.7. The van der Waals surface area contributed by atoms with E-state index in [-0.39, 0.29) is 30.3 Å². The minimum Gasteiger partial charge on any atom is -0.391 e. The number of carbonyl (C=O) groups is 3. The van der Waals surface area contributed by atoms with Crippen molar-refractivity contribution in [1.29, 1.82) is 0 Å². The Hall–Kier alpha value is -2.29. The van der Waals surface area contributed by atoms with Gasteiger partial charge < -0.3 is 20.6 Å². The van der Waals surface area contributed by atoms with E-state index in [0.29, 0.717) is 38.2 Å². The monoisotopic (exact) mass is 372 g/mol. The highest BCUT2D eigenvalue weighted by Gasteiger charge is 2.39. The van der Waals surface area contributed by atoms with E-state index in [4.69, 9.17) is 0 Å². The summed E-state index contributed by atoms with van der Waals surface area (Å²) in [7, 11) is 0. The van der Waals surface area contributed by atoms with Gasteiger partial charge in [-0.2, -0.15) is 0 Å². The van der Waals surface area contributed by atoms with Gasteiger partial charge in [-0.15, -0.1) is 0 Å². The number of aliphatic hydroxyl groups excluding tert-OH is 1. The molecule has 0 aliphatic carbocycles. The van der Waals surface area contributed by atoms with Crippen molar-refractivity contribution >= 4 is 17.7 Å². The van der Waals surface area contributed by atoms with Crippen LogP contribution in [0.15, 0.2) is 18.2 Å². The average Bonchev–Trinajstić information content (AvgIpc) is 3.20. The van der Waals surface area contributed by atoms with E-state index in [2.05, 4.69) is 16.0 Å². The molecule has 0 spiro atoms. The van der Waals surface area contributed by atoms with E-state index in [0.717, 1.165) is 17.7 Å². The van der Waals surface area contributed by atoms with Crippen molar-refractivity contribution in [2.45, 2.75) is 38.1 Å². The van der Waals surface area contributed by atoms with Crippen LogP contribution in [-0.4, -0.2) is 59.5 Å². The fourth-order valence-corrected chi connectivity index (χ4v) is 4.14. The molecule has 0 bridgehead atoms. The molecule has 2 saturated heterocycles. The Morgan fingerprint density at radius 3 is 2.81 bits per heavy atom. The molecule has 1 aromatic rings. The quantitative estimate of drug-likeness (QED) is 0.500.